The molecule has 0 fully saturated rings. The van der Waals surface area contributed by atoms with Crippen LogP contribution in [0.3, 0.4) is 0 Å². The van der Waals surface area contributed by atoms with Crippen molar-refractivity contribution in [1.29, 1.82) is 0 Å². The number of anilines is 2. The van der Waals surface area contributed by atoms with Crippen molar-refractivity contribution in [3.63, 3.8) is 0 Å². The van der Waals surface area contributed by atoms with E-state index in [1.165, 1.54) is 16.2 Å². The van der Waals surface area contributed by atoms with Crippen LogP contribution < -0.4 is 11.5 Å². The summed E-state index contributed by atoms with van der Waals surface area (Å²) in [5.74, 6) is 0.540. The third kappa shape index (κ3) is 1.36. The van der Waals surface area contributed by atoms with Gasteiger partial charge in [0.05, 0.1) is 5.69 Å². The number of fused-ring (bicyclic) bond motifs is 1. The van der Waals surface area contributed by atoms with E-state index in [4.69, 9.17) is 11.5 Å². The van der Waals surface area contributed by atoms with Crippen molar-refractivity contribution >= 4 is 44.4 Å². The average molecular weight is 247 g/mol. The van der Waals surface area contributed by atoms with Gasteiger partial charge in [0.15, 0.2) is 0 Å². The van der Waals surface area contributed by atoms with Crippen LogP contribution in [0, 0.1) is 0 Å². The Kier molecular flexibility index (Phi) is 2.08. The number of hydrogen-bond donors (Lipinski definition) is 2. The summed E-state index contributed by atoms with van der Waals surface area (Å²) in [7, 11) is 0. The second kappa shape index (κ2) is 3.47. The molecule has 0 aliphatic rings. The average Bonchev–Trinajstić information content (AvgIpc) is 2.87. The molecule has 0 saturated carbocycles. The second-order valence-corrected chi connectivity index (χ2v) is 5.25. The molecule has 0 amide bonds. The van der Waals surface area contributed by atoms with Crippen molar-refractivity contribution in [2.75, 3.05) is 11.5 Å². The van der Waals surface area contributed by atoms with Crippen molar-refractivity contribution in [1.82, 2.24) is 4.98 Å². The maximum atomic E-state index is 5.97. The largest absolute Gasteiger partial charge is 0.397 e. The fourth-order valence-electron chi connectivity index (χ4n) is 1.71. The van der Waals surface area contributed by atoms with E-state index in [0.29, 0.717) is 5.82 Å². The molecule has 0 unspecified atom stereocenters. The lowest BCUT2D eigenvalue weighted by Gasteiger charge is -2.03. The number of pyridine rings is 1. The molecule has 4 N–H and O–H groups in total. The highest BCUT2D eigenvalue weighted by atomic mass is 32.1. The smallest absolute Gasteiger partial charge is 0.128 e. The molecule has 3 heterocycles. The van der Waals surface area contributed by atoms with Gasteiger partial charge >= 0.3 is 0 Å². The van der Waals surface area contributed by atoms with Crippen LogP contribution in [0.25, 0.3) is 20.7 Å². The van der Waals surface area contributed by atoms with E-state index in [1.807, 2.05) is 22.9 Å². The monoisotopic (exact) mass is 247 g/mol. The van der Waals surface area contributed by atoms with E-state index in [1.54, 1.807) is 11.3 Å². The molecule has 3 aromatic rings. The van der Waals surface area contributed by atoms with E-state index in [2.05, 4.69) is 11.1 Å². The Balaban J connectivity index is 2.42. The van der Waals surface area contributed by atoms with E-state index in [0.717, 1.165) is 21.5 Å². The number of thiophene rings is 2. The molecule has 0 spiro atoms. The highest BCUT2D eigenvalue weighted by Crippen LogP contribution is 2.38. The first kappa shape index (κ1) is 9.62. The Morgan fingerprint density at radius 3 is 2.81 bits per heavy atom. The van der Waals surface area contributed by atoms with Gasteiger partial charge in [0, 0.05) is 21.2 Å². The summed E-state index contributed by atoms with van der Waals surface area (Å²) in [5, 5.41) is 4.97. The first-order valence-corrected chi connectivity index (χ1v) is 6.48. The SMILES string of the molecule is Nc1cc(-c2cccs2)c2c(N)csc2n1. The van der Waals surface area contributed by atoms with Crippen LogP contribution in [0.1, 0.15) is 0 Å². The highest BCUT2D eigenvalue weighted by Gasteiger charge is 2.11. The van der Waals surface area contributed by atoms with Crippen LogP contribution in [-0.4, -0.2) is 4.98 Å². The maximum absolute atomic E-state index is 5.97. The number of aromatic nitrogens is 1. The summed E-state index contributed by atoms with van der Waals surface area (Å²) in [5.41, 5.74) is 13.6. The van der Waals surface area contributed by atoms with Gasteiger partial charge in [-0.05, 0) is 17.5 Å². The molecule has 5 heteroatoms. The number of nitrogens with zero attached hydrogens (tertiary/aromatic N) is 1. The standard InChI is InChI=1S/C11H9N3S2/c12-7-5-16-11-10(7)6(4-9(13)14-11)8-2-1-3-15-8/h1-5H,12H2,(H2,13,14). The van der Waals surface area contributed by atoms with Crippen LogP contribution in [0.5, 0.6) is 0 Å². The van der Waals surface area contributed by atoms with Gasteiger partial charge in [0.25, 0.3) is 0 Å². The number of hydrogen-bond acceptors (Lipinski definition) is 5. The zero-order chi connectivity index (χ0) is 11.1. The van der Waals surface area contributed by atoms with Crippen LogP contribution in [0.2, 0.25) is 0 Å². The van der Waals surface area contributed by atoms with E-state index in [-0.39, 0.29) is 0 Å². The molecule has 80 valence electrons. The molecular weight excluding hydrogens is 238 g/mol. The topological polar surface area (TPSA) is 64.9 Å². The minimum absolute atomic E-state index is 0.540. The van der Waals surface area contributed by atoms with Crippen LogP contribution in [0.4, 0.5) is 11.5 Å². The fraction of sp³-hybridized carbons (Fsp3) is 0. The van der Waals surface area contributed by atoms with Crippen LogP contribution in [-0.2, 0) is 0 Å². The maximum Gasteiger partial charge on any atom is 0.128 e. The third-order valence-corrected chi connectivity index (χ3v) is 4.17. The molecule has 0 saturated heterocycles. The molecule has 0 aliphatic carbocycles. The van der Waals surface area contributed by atoms with E-state index in [9.17, 15) is 0 Å². The summed E-state index contributed by atoms with van der Waals surface area (Å²) in [6, 6.07) is 5.97. The molecule has 0 bridgehead atoms. The van der Waals surface area contributed by atoms with Gasteiger partial charge in [0.1, 0.15) is 10.6 Å². The minimum atomic E-state index is 0.540. The molecular formula is C11H9N3S2. The van der Waals surface area contributed by atoms with Gasteiger partial charge < -0.3 is 11.5 Å². The Hall–Kier alpha value is -1.59. The number of nitrogens with two attached hydrogens (primary N) is 2. The molecule has 0 radical (unpaired) electrons. The lowest BCUT2D eigenvalue weighted by molar-refractivity contribution is 1.45. The predicted octanol–water partition coefficient (Wildman–Crippen LogP) is 3.19. The van der Waals surface area contributed by atoms with Gasteiger partial charge in [-0.2, -0.15) is 0 Å². The van der Waals surface area contributed by atoms with E-state index >= 15 is 0 Å². The Morgan fingerprint density at radius 1 is 1.19 bits per heavy atom. The summed E-state index contributed by atoms with van der Waals surface area (Å²) < 4.78 is 0. The van der Waals surface area contributed by atoms with Crippen molar-refractivity contribution in [2.45, 2.75) is 0 Å². The van der Waals surface area contributed by atoms with Crippen molar-refractivity contribution in [3.8, 4) is 10.4 Å². The molecule has 0 aromatic carbocycles. The van der Waals surface area contributed by atoms with Gasteiger partial charge in [0.2, 0.25) is 0 Å². The van der Waals surface area contributed by atoms with Crippen molar-refractivity contribution in [2.24, 2.45) is 0 Å². The second-order valence-electron chi connectivity index (χ2n) is 3.44. The zero-order valence-corrected chi connectivity index (χ0v) is 9.94. The predicted molar refractivity (Wildman–Crippen MR) is 71.8 cm³/mol. The van der Waals surface area contributed by atoms with Gasteiger partial charge in [-0.3, -0.25) is 0 Å². The molecule has 16 heavy (non-hydrogen) atoms. The van der Waals surface area contributed by atoms with Crippen molar-refractivity contribution < 1.29 is 0 Å². The van der Waals surface area contributed by atoms with E-state index < -0.39 is 0 Å². The van der Waals surface area contributed by atoms with Crippen LogP contribution >= 0.6 is 22.7 Å². The quantitative estimate of drug-likeness (QED) is 0.694. The normalized spacial score (nSPS) is 11.0. The van der Waals surface area contributed by atoms with Crippen molar-refractivity contribution in [3.05, 3.63) is 29.0 Å². The molecule has 3 rings (SSSR count). The van der Waals surface area contributed by atoms with Crippen LogP contribution in [0.15, 0.2) is 29.0 Å². The summed E-state index contributed by atoms with van der Waals surface area (Å²) in [6.45, 7) is 0. The summed E-state index contributed by atoms with van der Waals surface area (Å²) in [4.78, 5) is 6.36. The van der Waals surface area contributed by atoms with Gasteiger partial charge in [-0.25, -0.2) is 4.98 Å². The Morgan fingerprint density at radius 2 is 2.06 bits per heavy atom. The lowest BCUT2D eigenvalue weighted by atomic mass is 10.1. The molecule has 0 aliphatic heterocycles. The number of nitrogen functional groups attached to an aromatic ring is 2. The fourth-order valence-corrected chi connectivity index (χ4v) is 3.32. The summed E-state index contributed by atoms with van der Waals surface area (Å²) in [6.07, 6.45) is 0. The Bertz CT molecular complexity index is 641. The number of rotatable bonds is 1. The summed E-state index contributed by atoms with van der Waals surface area (Å²) >= 11 is 3.21. The lowest BCUT2D eigenvalue weighted by Crippen LogP contribution is -1.91. The molecule has 0 atom stereocenters. The molecule has 3 aromatic heterocycles. The zero-order valence-electron chi connectivity index (χ0n) is 8.31. The first-order valence-electron chi connectivity index (χ1n) is 4.73. The van der Waals surface area contributed by atoms with Gasteiger partial charge in [-0.15, -0.1) is 22.7 Å². The molecule has 3 nitrogen and oxygen atoms in total. The minimum Gasteiger partial charge on any atom is -0.397 e. The Labute approximate surface area is 100 Å². The van der Waals surface area contributed by atoms with Gasteiger partial charge in [-0.1, -0.05) is 6.07 Å². The highest BCUT2D eigenvalue weighted by molar-refractivity contribution is 7.17. The third-order valence-electron chi connectivity index (χ3n) is 2.38. The first-order chi connectivity index (χ1) is 7.75.